The van der Waals surface area contributed by atoms with Gasteiger partial charge in [0, 0.05) is 19.6 Å². The molecule has 1 aliphatic heterocycles. The number of nitrogens with zero attached hydrogens (tertiary/aromatic N) is 2. The third kappa shape index (κ3) is 4.54. The third-order valence-electron chi connectivity index (χ3n) is 2.95. The average molecular weight is 283 g/mol. The van der Waals surface area contributed by atoms with Crippen molar-refractivity contribution in [2.24, 2.45) is 16.8 Å². The summed E-state index contributed by atoms with van der Waals surface area (Å²) in [6, 6.07) is 0. The van der Waals surface area contributed by atoms with Crippen molar-refractivity contribution in [3.05, 3.63) is 0 Å². The van der Waals surface area contributed by atoms with E-state index in [1.807, 2.05) is 13.8 Å². The van der Waals surface area contributed by atoms with Gasteiger partial charge in [-0.15, -0.1) is 0 Å². The van der Waals surface area contributed by atoms with Crippen LogP contribution in [-0.4, -0.2) is 53.5 Å². The van der Waals surface area contributed by atoms with E-state index in [0.29, 0.717) is 13.1 Å². The molecule has 1 rings (SSSR count). The van der Waals surface area contributed by atoms with Crippen LogP contribution in [0.4, 0.5) is 13.2 Å². The second-order valence-corrected chi connectivity index (χ2v) is 5.50. The maximum Gasteiger partial charge on any atom is 0.400 e. The molecule has 8 heteroatoms. The molecule has 0 amide bonds. The Bertz CT molecular complexity index is 345. The molecule has 0 radical (unpaired) electrons. The van der Waals surface area contributed by atoms with Crippen molar-refractivity contribution in [3.63, 3.8) is 0 Å². The van der Waals surface area contributed by atoms with Gasteiger partial charge in [-0.3, -0.25) is 4.90 Å². The summed E-state index contributed by atoms with van der Waals surface area (Å²) in [4.78, 5) is 1.63. The van der Waals surface area contributed by atoms with Gasteiger partial charge in [0.1, 0.15) is 5.92 Å². The quantitative estimate of drug-likeness (QED) is 0.355. The molecular weight excluding hydrogens is 263 g/mol. The number of ether oxygens (including phenoxy) is 1. The lowest BCUT2D eigenvalue weighted by molar-refractivity contribution is -0.174. The zero-order valence-corrected chi connectivity index (χ0v) is 11.2. The Morgan fingerprint density at radius 3 is 2.58 bits per heavy atom. The molecule has 112 valence electrons. The number of hydrogen-bond acceptors (Lipinski definition) is 4. The maximum atomic E-state index is 12.9. The first-order valence-corrected chi connectivity index (χ1v) is 5.99. The lowest BCUT2D eigenvalue weighted by Gasteiger charge is -2.42. The lowest BCUT2D eigenvalue weighted by atomic mass is 10.0. The third-order valence-corrected chi connectivity index (χ3v) is 2.95. The van der Waals surface area contributed by atoms with Gasteiger partial charge in [0.25, 0.3) is 0 Å². The molecule has 1 aliphatic rings. The Kier molecular flexibility index (Phi) is 4.67. The van der Waals surface area contributed by atoms with Gasteiger partial charge in [-0.25, -0.2) is 0 Å². The SMILES string of the molecule is CC1CN(CC(C(N)=NO)C(F)(F)F)CC(C)(C)O1. The van der Waals surface area contributed by atoms with Crippen molar-refractivity contribution >= 4 is 5.84 Å². The molecule has 2 unspecified atom stereocenters. The highest BCUT2D eigenvalue weighted by molar-refractivity contribution is 5.83. The van der Waals surface area contributed by atoms with Gasteiger partial charge < -0.3 is 15.7 Å². The van der Waals surface area contributed by atoms with Crippen molar-refractivity contribution in [2.75, 3.05) is 19.6 Å². The Balaban J connectivity index is 2.80. The van der Waals surface area contributed by atoms with E-state index in [0.717, 1.165) is 0 Å². The van der Waals surface area contributed by atoms with Crippen LogP contribution in [0.1, 0.15) is 20.8 Å². The van der Waals surface area contributed by atoms with Crippen LogP contribution in [0.25, 0.3) is 0 Å². The first-order chi connectivity index (χ1) is 8.55. The molecule has 0 aromatic rings. The molecule has 0 saturated carbocycles. The van der Waals surface area contributed by atoms with Crippen LogP contribution < -0.4 is 5.73 Å². The monoisotopic (exact) mass is 283 g/mol. The molecule has 0 bridgehead atoms. The highest BCUT2D eigenvalue weighted by Gasteiger charge is 2.45. The molecule has 3 N–H and O–H groups in total. The largest absolute Gasteiger partial charge is 0.409 e. The average Bonchev–Trinajstić information content (AvgIpc) is 2.20. The van der Waals surface area contributed by atoms with Gasteiger partial charge in [-0.1, -0.05) is 5.16 Å². The van der Waals surface area contributed by atoms with E-state index in [1.165, 1.54) is 0 Å². The minimum atomic E-state index is -4.54. The fraction of sp³-hybridized carbons (Fsp3) is 0.909. The predicted molar refractivity (Wildman–Crippen MR) is 64.0 cm³/mol. The van der Waals surface area contributed by atoms with Gasteiger partial charge >= 0.3 is 6.18 Å². The molecule has 0 spiro atoms. The minimum Gasteiger partial charge on any atom is -0.409 e. The van der Waals surface area contributed by atoms with Crippen LogP contribution in [-0.2, 0) is 4.74 Å². The van der Waals surface area contributed by atoms with Crippen LogP contribution in [0.3, 0.4) is 0 Å². The highest BCUT2D eigenvalue weighted by atomic mass is 19.4. The van der Waals surface area contributed by atoms with E-state index in [9.17, 15) is 13.2 Å². The summed E-state index contributed by atoms with van der Waals surface area (Å²) >= 11 is 0. The maximum absolute atomic E-state index is 12.9. The number of alkyl halides is 3. The van der Waals surface area contributed by atoms with E-state index < -0.39 is 23.5 Å². The van der Waals surface area contributed by atoms with Crippen molar-refractivity contribution in [3.8, 4) is 0 Å². The van der Waals surface area contributed by atoms with Crippen molar-refractivity contribution in [2.45, 2.75) is 38.7 Å². The first-order valence-electron chi connectivity index (χ1n) is 5.99. The normalized spacial score (nSPS) is 27.3. The molecule has 1 saturated heterocycles. The topological polar surface area (TPSA) is 71.1 Å². The zero-order chi connectivity index (χ0) is 14.8. The summed E-state index contributed by atoms with van der Waals surface area (Å²) in [5.41, 5.74) is 4.63. The highest BCUT2D eigenvalue weighted by Crippen LogP contribution is 2.29. The summed E-state index contributed by atoms with van der Waals surface area (Å²) in [5, 5.41) is 11.0. The van der Waals surface area contributed by atoms with E-state index in [4.69, 9.17) is 15.7 Å². The molecule has 19 heavy (non-hydrogen) atoms. The van der Waals surface area contributed by atoms with Crippen LogP contribution in [0.15, 0.2) is 5.16 Å². The minimum absolute atomic E-state index is 0.162. The zero-order valence-electron chi connectivity index (χ0n) is 11.2. The first kappa shape index (κ1) is 16.0. The van der Waals surface area contributed by atoms with Gasteiger partial charge in [0.05, 0.1) is 11.7 Å². The van der Waals surface area contributed by atoms with Gasteiger partial charge in [-0.05, 0) is 20.8 Å². The summed E-state index contributed by atoms with van der Waals surface area (Å²) in [5.74, 6) is -2.79. The second kappa shape index (κ2) is 5.54. The van der Waals surface area contributed by atoms with Gasteiger partial charge in [-0.2, -0.15) is 13.2 Å². The number of amidine groups is 1. The number of nitrogens with two attached hydrogens (primary N) is 1. The van der Waals surface area contributed by atoms with E-state index in [1.54, 1.807) is 11.8 Å². The van der Waals surface area contributed by atoms with E-state index >= 15 is 0 Å². The molecule has 1 fully saturated rings. The second-order valence-electron chi connectivity index (χ2n) is 5.50. The molecule has 1 heterocycles. The van der Waals surface area contributed by atoms with Crippen LogP contribution in [0.5, 0.6) is 0 Å². The smallest absolute Gasteiger partial charge is 0.400 e. The molecule has 2 atom stereocenters. The Morgan fingerprint density at radius 1 is 1.58 bits per heavy atom. The van der Waals surface area contributed by atoms with Crippen LogP contribution in [0.2, 0.25) is 0 Å². The molecule has 0 aliphatic carbocycles. The van der Waals surface area contributed by atoms with Gasteiger partial charge in [0.2, 0.25) is 0 Å². The fourth-order valence-corrected chi connectivity index (χ4v) is 2.42. The number of halogens is 3. The Labute approximate surface area is 110 Å². The van der Waals surface area contributed by atoms with Gasteiger partial charge in [0.15, 0.2) is 5.84 Å². The van der Waals surface area contributed by atoms with Crippen LogP contribution in [0, 0.1) is 5.92 Å². The number of rotatable bonds is 3. The predicted octanol–water partition coefficient (Wildman–Crippen LogP) is 1.41. The van der Waals surface area contributed by atoms with Crippen molar-refractivity contribution in [1.29, 1.82) is 0 Å². The number of hydrogen-bond donors (Lipinski definition) is 2. The number of oxime groups is 1. The van der Waals surface area contributed by atoms with E-state index in [-0.39, 0.29) is 12.6 Å². The summed E-state index contributed by atoms with van der Waals surface area (Å²) in [7, 11) is 0. The number of morpholine rings is 1. The summed E-state index contributed by atoms with van der Waals surface area (Å²) in [6.07, 6.45) is -4.70. The standard InChI is InChI=1S/C11H20F3N3O2/c1-7-4-17(6-10(2,3)19-7)5-8(9(15)16-18)11(12,13)14/h7-8,18H,4-6H2,1-3H3,(H2,15,16). The Morgan fingerprint density at radius 2 is 2.16 bits per heavy atom. The lowest BCUT2D eigenvalue weighted by Crippen LogP contribution is -2.55. The molecule has 0 aromatic carbocycles. The fourth-order valence-electron chi connectivity index (χ4n) is 2.42. The molecular formula is C11H20F3N3O2. The van der Waals surface area contributed by atoms with Crippen molar-refractivity contribution in [1.82, 2.24) is 4.90 Å². The summed E-state index contributed by atoms with van der Waals surface area (Å²) in [6.45, 7) is 5.86. The molecule has 5 nitrogen and oxygen atoms in total. The van der Waals surface area contributed by atoms with Crippen LogP contribution >= 0.6 is 0 Å². The molecule has 0 aromatic heterocycles. The summed E-state index contributed by atoms with van der Waals surface area (Å²) < 4.78 is 44.2. The Hall–Kier alpha value is -1.02. The van der Waals surface area contributed by atoms with E-state index in [2.05, 4.69) is 5.16 Å². The van der Waals surface area contributed by atoms with Crippen molar-refractivity contribution < 1.29 is 23.1 Å².